The molecule has 0 aliphatic rings. The zero-order valence-corrected chi connectivity index (χ0v) is 14.1. The lowest BCUT2D eigenvalue weighted by Crippen LogP contribution is -2.24. The number of aromatic nitrogens is 2. The van der Waals surface area contributed by atoms with Gasteiger partial charge in [0.25, 0.3) is 0 Å². The van der Waals surface area contributed by atoms with Crippen LogP contribution >= 0.6 is 0 Å². The van der Waals surface area contributed by atoms with E-state index in [9.17, 15) is 0 Å². The van der Waals surface area contributed by atoms with Gasteiger partial charge in [0.2, 0.25) is 0 Å². The number of rotatable bonds is 5. The van der Waals surface area contributed by atoms with Crippen molar-refractivity contribution in [1.29, 1.82) is 0 Å². The fourth-order valence-electron chi connectivity index (χ4n) is 3.27. The Bertz CT molecular complexity index is 613. The highest BCUT2D eigenvalue weighted by molar-refractivity contribution is 5.31. The Hall–Kier alpha value is -1.61. The van der Waals surface area contributed by atoms with E-state index in [4.69, 9.17) is 0 Å². The van der Waals surface area contributed by atoms with E-state index in [1.54, 1.807) is 0 Å². The topological polar surface area (TPSA) is 29.9 Å². The minimum atomic E-state index is 0.292. The summed E-state index contributed by atoms with van der Waals surface area (Å²) in [6.45, 7) is 14.0. The Labute approximate surface area is 128 Å². The van der Waals surface area contributed by atoms with Crippen molar-refractivity contribution < 1.29 is 0 Å². The smallest absolute Gasteiger partial charge is 0.0644 e. The lowest BCUT2D eigenvalue weighted by Gasteiger charge is -2.22. The molecule has 1 N–H and O–H groups in total. The third-order valence-electron chi connectivity index (χ3n) is 4.32. The number of nitrogens with zero attached hydrogens (tertiary/aromatic N) is 2. The second kappa shape index (κ2) is 6.44. The number of nitrogens with one attached hydrogen (secondary N) is 1. The largest absolute Gasteiger partial charge is 0.304 e. The predicted octanol–water partition coefficient (Wildman–Crippen LogP) is 4.24. The molecule has 0 spiro atoms. The average Bonchev–Trinajstić information content (AvgIpc) is 2.73. The van der Waals surface area contributed by atoms with Gasteiger partial charge in [0.05, 0.1) is 5.69 Å². The summed E-state index contributed by atoms with van der Waals surface area (Å²) in [4.78, 5) is 0. The molecule has 3 heteroatoms. The minimum Gasteiger partial charge on any atom is -0.304 e. The van der Waals surface area contributed by atoms with Gasteiger partial charge in [-0.3, -0.25) is 4.68 Å². The fraction of sp³-hybridized carbons (Fsp3) is 0.500. The van der Waals surface area contributed by atoms with Crippen LogP contribution in [0.3, 0.4) is 0 Å². The monoisotopic (exact) mass is 285 g/mol. The SMILES string of the molecule is CCn1nc(C)c(C(C)NC(C)c2ccccc2C)c1C. The predicted molar refractivity (Wildman–Crippen MR) is 88.5 cm³/mol. The molecule has 0 bridgehead atoms. The van der Waals surface area contributed by atoms with Crippen LogP contribution in [0.2, 0.25) is 0 Å². The van der Waals surface area contributed by atoms with Crippen LogP contribution in [0.25, 0.3) is 0 Å². The van der Waals surface area contributed by atoms with Crippen LogP contribution in [0, 0.1) is 20.8 Å². The molecule has 0 radical (unpaired) electrons. The average molecular weight is 285 g/mol. The molecule has 1 aromatic heterocycles. The first kappa shape index (κ1) is 15.8. The van der Waals surface area contributed by atoms with E-state index in [1.807, 2.05) is 0 Å². The van der Waals surface area contributed by atoms with Gasteiger partial charge in [-0.25, -0.2) is 0 Å². The molecular weight excluding hydrogens is 258 g/mol. The third kappa shape index (κ3) is 3.18. The summed E-state index contributed by atoms with van der Waals surface area (Å²) in [6, 6.07) is 9.19. The number of benzene rings is 1. The summed E-state index contributed by atoms with van der Waals surface area (Å²) < 4.78 is 2.08. The van der Waals surface area contributed by atoms with Crippen LogP contribution in [0.15, 0.2) is 24.3 Å². The van der Waals surface area contributed by atoms with Crippen molar-refractivity contribution in [3.8, 4) is 0 Å². The molecule has 0 saturated carbocycles. The van der Waals surface area contributed by atoms with Gasteiger partial charge in [-0.05, 0) is 52.7 Å². The molecule has 3 nitrogen and oxygen atoms in total. The van der Waals surface area contributed by atoms with Gasteiger partial charge < -0.3 is 5.32 Å². The highest BCUT2D eigenvalue weighted by atomic mass is 15.3. The van der Waals surface area contributed by atoms with E-state index >= 15 is 0 Å². The maximum absolute atomic E-state index is 4.62. The summed E-state index contributed by atoms with van der Waals surface area (Å²) in [5.41, 5.74) is 6.43. The van der Waals surface area contributed by atoms with Crippen LogP contribution in [-0.2, 0) is 6.54 Å². The molecule has 2 atom stereocenters. The molecule has 1 heterocycles. The standard InChI is InChI=1S/C18H27N3/c1-7-21-16(6)18(15(5)20-21)14(4)19-13(3)17-11-9-8-10-12(17)2/h8-11,13-14,19H,7H2,1-6H3. The Morgan fingerprint density at radius 3 is 2.33 bits per heavy atom. The Morgan fingerprint density at radius 1 is 1.10 bits per heavy atom. The Morgan fingerprint density at radius 2 is 1.76 bits per heavy atom. The van der Waals surface area contributed by atoms with Crippen molar-refractivity contribution >= 4 is 0 Å². The molecule has 2 rings (SSSR count). The van der Waals surface area contributed by atoms with E-state index < -0.39 is 0 Å². The summed E-state index contributed by atoms with van der Waals surface area (Å²) in [6.07, 6.45) is 0. The zero-order valence-electron chi connectivity index (χ0n) is 14.1. The lowest BCUT2D eigenvalue weighted by atomic mass is 10.00. The molecular formula is C18H27N3. The van der Waals surface area contributed by atoms with Crippen molar-refractivity contribution in [2.75, 3.05) is 0 Å². The molecule has 1 aromatic carbocycles. The van der Waals surface area contributed by atoms with E-state index in [0.717, 1.165) is 12.2 Å². The molecule has 0 amide bonds. The summed E-state index contributed by atoms with van der Waals surface area (Å²) in [5.74, 6) is 0. The van der Waals surface area contributed by atoms with Crippen molar-refractivity contribution in [1.82, 2.24) is 15.1 Å². The molecule has 2 aromatic rings. The molecule has 114 valence electrons. The maximum atomic E-state index is 4.62. The molecule has 0 saturated heterocycles. The Balaban J connectivity index is 2.20. The van der Waals surface area contributed by atoms with Gasteiger partial charge >= 0.3 is 0 Å². The normalized spacial score (nSPS) is 14.2. The number of aryl methyl sites for hydroxylation is 3. The van der Waals surface area contributed by atoms with E-state index in [0.29, 0.717) is 12.1 Å². The van der Waals surface area contributed by atoms with Crippen molar-refractivity contribution in [3.63, 3.8) is 0 Å². The molecule has 0 fully saturated rings. The summed E-state index contributed by atoms with van der Waals surface area (Å²) >= 11 is 0. The summed E-state index contributed by atoms with van der Waals surface area (Å²) in [5, 5.41) is 8.34. The minimum absolute atomic E-state index is 0.292. The number of hydrogen-bond donors (Lipinski definition) is 1. The van der Waals surface area contributed by atoms with E-state index in [-0.39, 0.29) is 0 Å². The third-order valence-corrected chi connectivity index (χ3v) is 4.32. The van der Waals surface area contributed by atoms with Gasteiger partial charge in [0.1, 0.15) is 0 Å². The quantitative estimate of drug-likeness (QED) is 0.890. The highest BCUT2D eigenvalue weighted by Crippen LogP contribution is 2.25. The Kier molecular flexibility index (Phi) is 4.84. The number of hydrogen-bond acceptors (Lipinski definition) is 2. The van der Waals surface area contributed by atoms with Crippen molar-refractivity contribution in [2.45, 2.75) is 60.2 Å². The second-order valence-corrected chi connectivity index (χ2v) is 5.87. The van der Waals surface area contributed by atoms with Crippen LogP contribution in [0.5, 0.6) is 0 Å². The van der Waals surface area contributed by atoms with Crippen LogP contribution < -0.4 is 5.32 Å². The first-order valence-electron chi connectivity index (χ1n) is 7.81. The van der Waals surface area contributed by atoms with E-state index in [2.05, 4.69) is 80.9 Å². The van der Waals surface area contributed by atoms with Gasteiger partial charge in [0, 0.05) is 29.9 Å². The summed E-state index contributed by atoms with van der Waals surface area (Å²) in [7, 11) is 0. The molecule has 0 aliphatic carbocycles. The second-order valence-electron chi connectivity index (χ2n) is 5.87. The fourth-order valence-corrected chi connectivity index (χ4v) is 3.27. The van der Waals surface area contributed by atoms with Gasteiger partial charge in [0.15, 0.2) is 0 Å². The molecule has 0 aliphatic heterocycles. The maximum Gasteiger partial charge on any atom is 0.0644 e. The van der Waals surface area contributed by atoms with Gasteiger partial charge in [-0.2, -0.15) is 5.10 Å². The van der Waals surface area contributed by atoms with E-state index in [1.165, 1.54) is 22.4 Å². The first-order chi connectivity index (χ1) is 9.95. The lowest BCUT2D eigenvalue weighted by molar-refractivity contribution is 0.489. The zero-order chi connectivity index (χ0) is 15.6. The highest BCUT2D eigenvalue weighted by Gasteiger charge is 2.19. The van der Waals surface area contributed by atoms with Gasteiger partial charge in [-0.1, -0.05) is 24.3 Å². The van der Waals surface area contributed by atoms with Crippen LogP contribution in [-0.4, -0.2) is 9.78 Å². The van der Waals surface area contributed by atoms with Crippen LogP contribution in [0.4, 0.5) is 0 Å². The van der Waals surface area contributed by atoms with Crippen LogP contribution in [0.1, 0.15) is 60.9 Å². The van der Waals surface area contributed by atoms with Gasteiger partial charge in [-0.15, -0.1) is 0 Å². The molecule has 21 heavy (non-hydrogen) atoms. The molecule has 2 unspecified atom stereocenters. The first-order valence-corrected chi connectivity index (χ1v) is 7.81. The van der Waals surface area contributed by atoms with Crippen molar-refractivity contribution in [3.05, 3.63) is 52.3 Å². The van der Waals surface area contributed by atoms with Crippen molar-refractivity contribution in [2.24, 2.45) is 0 Å².